The first kappa shape index (κ1) is 18.1. The monoisotopic (exact) mass is 372 g/mol. The summed E-state index contributed by atoms with van der Waals surface area (Å²) < 4.78 is 6.69. The maximum atomic E-state index is 12.9. The van der Waals surface area contributed by atoms with Gasteiger partial charge in [0, 0.05) is 17.6 Å². The first-order valence-electron chi connectivity index (χ1n) is 8.01. The molecule has 0 aliphatic heterocycles. The molecule has 0 radical (unpaired) electrons. The number of anilines is 1. The summed E-state index contributed by atoms with van der Waals surface area (Å²) in [6.45, 7) is 2.43. The lowest BCUT2D eigenvalue weighted by molar-refractivity contribution is 0.0602. The number of carbonyl (C=O) groups is 2. The maximum absolute atomic E-state index is 12.9. The van der Waals surface area contributed by atoms with Crippen molar-refractivity contribution in [1.82, 2.24) is 14.3 Å². The predicted molar refractivity (Wildman–Crippen MR) is 101 cm³/mol. The summed E-state index contributed by atoms with van der Waals surface area (Å²) in [5.74, 6) is -0.828. The van der Waals surface area contributed by atoms with Crippen LogP contribution in [0.2, 0.25) is 0 Å². The molecule has 26 heavy (non-hydrogen) atoms. The van der Waals surface area contributed by atoms with E-state index in [2.05, 4.69) is 10.3 Å². The fraction of sp³-hybridized carbons (Fsp3) is 0.278. The molecule has 0 saturated carbocycles. The molecule has 0 spiro atoms. The van der Waals surface area contributed by atoms with E-state index in [4.69, 9.17) is 4.74 Å². The molecule has 0 aliphatic rings. The van der Waals surface area contributed by atoms with Gasteiger partial charge in [-0.2, -0.15) is 0 Å². The van der Waals surface area contributed by atoms with Gasteiger partial charge < -0.3 is 19.4 Å². The van der Waals surface area contributed by atoms with Crippen LogP contribution in [0.5, 0.6) is 0 Å². The molecule has 0 aromatic carbocycles. The summed E-state index contributed by atoms with van der Waals surface area (Å²) in [5.41, 5.74) is 2.18. The Morgan fingerprint density at radius 1 is 1.35 bits per heavy atom. The lowest BCUT2D eigenvalue weighted by atomic mass is 10.2. The predicted octanol–water partition coefficient (Wildman–Crippen LogP) is 2.80. The van der Waals surface area contributed by atoms with Crippen LogP contribution in [0.4, 0.5) is 5.00 Å². The molecule has 3 heterocycles. The summed E-state index contributed by atoms with van der Waals surface area (Å²) >= 11 is 1.33. The second-order valence-electron chi connectivity index (χ2n) is 6.12. The van der Waals surface area contributed by atoms with Crippen molar-refractivity contribution < 1.29 is 14.3 Å². The SMILES string of the molecule is COC(=O)c1cc(C)sc1NC(=O)c1nc2ccccn2c1CN(C)C. The fourth-order valence-corrected chi connectivity index (χ4v) is 3.60. The van der Waals surface area contributed by atoms with E-state index in [1.807, 2.05) is 54.7 Å². The van der Waals surface area contributed by atoms with Gasteiger partial charge in [-0.1, -0.05) is 6.07 Å². The number of rotatable bonds is 5. The number of thiophene rings is 1. The molecular weight excluding hydrogens is 352 g/mol. The Kier molecular flexibility index (Phi) is 5.06. The highest BCUT2D eigenvalue weighted by Crippen LogP contribution is 2.29. The summed E-state index contributed by atoms with van der Waals surface area (Å²) in [5, 5.41) is 3.29. The third kappa shape index (κ3) is 3.47. The topological polar surface area (TPSA) is 75.9 Å². The minimum absolute atomic E-state index is 0.340. The second kappa shape index (κ2) is 7.27. The van der Waals surface area contributed by atoms with Gasteiger partial charge in [0.05, 0.1) is 18.4 Å². The first-order valence-corrected chi connectivity index (χ1v) is 8.83. The van der Waals surface area contributed by atoms with E-state index in [0.29, 0.717) is 28.5 Å². The summed E-state index contributed by atoms with van der Waals surface area (Å²) in [6.07, 6.45) is 1.88. The van der Waals surface area contributed by atoms with Gasteiger partial charge in [-0.3, -0.25) is 4.79 Å². The Hall–Kier alpha value is -2.71. The van der Waals surface area contributed by atoms with E-state index in [-0.39, 0.29) is 5.91 Å². The van der Waals surface area contributed by atoms with Crippen LogP contribution in [0.1, 0.15) is 31.4 Å². The number of amides is 1. The molecule has 0 aliphatic carbocycles. The zero-order valence-corrected chi connectivity index (χ0v) is 15.9. The molecule has 1 N–H and O–H groups in total. The second-order valence-corrected chi connectivity index (χ2v) is 7.38. The summed E-state index contributed by atoms with van der Waals surface area (Å²) in [6, 6.07) is 7.33. The van der Waals surface area contributed by atoms with Gasteiger partial charge in [0.1, 0.15) is 10.6 Å². The normalized spacial score (nSPS) is 11.1. The molecular formula is C18H20N4O3S. The number of hydrogen-bond acceptors (Lipinski definition) is 6. The van der Waals surface area contributed by atoms with E-state index in [1.165, 1.54) is 18.4 Å². The Labute approximate surface area is 155 Å². The van der Waals surface area contributed by atoms with E-state index < -0.39 is 5.97 Å². The minimum atomic E-state index is -0.479. The number of pyridine rings is 1. The van der Waals surface area contributed by atoms with Crippen LogP contribution in [0.3, 0.4) is 0 Å². The van der Waals surface area contributed by atoms with Crippen LogP contribution >= 0.6 is 11.3 Å². The molecule has 0 atom stereocenters. The molecule has 3 aromatic heterocycles. The number of aryl methyl sites for hydroxylation is 1. The number of imidazole rings is 1. The Balaban J connectivity index is 2.00. The van der Waals surface area contributed by atoms with Crippen LogP contribution in [0, 0.1) is 6.92 Å². The quantitative estimate of drug-likeness (QED) is 0.697. The van der Waals surface area contributed by atoms with Crippen molar-refractivity contribution in [2.45, 2.75) is 13.5 Å². The molecule has 136 valence electrons. The molecule has 7 nitrogen and oxygen atoms in total. The Bertz CT molecular complexity index is 974. The molecule has 0 saturated heterocycles. The molecule has 0 unspecified atom stereocenters. The van der Waals surface area contributed by atoms with Gasteiger partial charge in [-0.15, -0.1) is 11.3 Å². The summed E-state index contributed by atoms with van der Waals surface area (Å²) in [4.78, 5) is 32.2. The highest BCUT2D eigenvalue weighted by Gasteiger charge is 2.23. The standard InChI is InChI=1S/C18H20N4O3S/c1-11-9-12(18(24)25-4)17(26-11)20-16(23)15-13(10-21(2)3)22-8-6-5-7-14(22)19-15/h5-9H,10H2,1-4H3,(H,20,23). The lowest BCUT2D eigenvalue weighted by Gasteiger charge is -2.11. The van der Waals surface area contributed by atoms with E-state index >= 15 is 0 Å². The van der Waals surface area contributed by atoms with Crippen molar-refractivity contribution in [3.05, 3.63) is 52.3 Å². The van der Waals surface area contributed by atoms with E-state index in [9.17, 15) is 9.59 Å². The van der Waals surface area contributed by atoms with Gasteiger partial charge in [-0.25, -0.2) is 9.78 Å². The van der Waals surface area contributed by atoms with E-state index in [1.54, 1.807) is 6.07 Å². The van der Waals surface area contributed by atoms with Crippen molar-refractivity contribution in [3.8, 4) is 0 Å². The smallest absolute Gasteiger partial charge is 0.340 e. The Morgan fingerprint density at radius 3 is 2.81 bits per heavy atom. The minimum Gasteiger partial charge on any atom is -0.465 e. The van der Waals surface area contributed by atoms with Crippen LogP contribution in [-0.2, 0) is 11.3 Å². The van der Waals surface area contributed by atoms with Gasteiger partial charge in [-0.05, 0) is 39.2 Å². The van der Waals surface area contributed by atoms with Crippen molar-refractivity contribution in [2.75, 3.05) is 26.5 Å². The number of carbonyl (C=O) groups excluding carboxylic acids is 2. The van der Waals surface area contributed by atoms with Gasteiger partial charge in [0.15, 0.2) is 5.69 Å². The molecule has 3 rings (SSSR count). The third-order valence-corrected chi connectivity index (χ3v) is 4.76. The molecule has 0 bridgehead atoms. The highest BCUT2D eigenvalue weighted by atomic mass is 32.1. The highest BCUT2D eigenvalue weighted by molar-refractivity contribution is 7.16. The molecule has 3 aromatic rings. The fourth-order valence-electron chi connectivity index (χ4n) is 2.71. The largest absolute Gasteiger partial charge is 0.465 e. The zero-order valence-electron chi connectivity index (χ0n) is 15.1. The van der Waals surface area contributed by atoms with Crippen LogP contribution in [0.25, 0.3) is 5.65 Å². The lowest BCUT2D eigenvalue weighted by Crippen LogP contribution is -2.19. The number of esters is 1. The maximum Gasteiger partial charge on any atom is 0.340 e. The van der Waals surface area contributed by atoms with Gasteiger partial charge >= 0.3 is 5.97 Å². The number of fused-ring (bicyclic) bond motifs is 1. The van der Waals surface area contributed by atoms with Crippen molar-refractivity contribution in [3.63, 3.8) is 0 Å². The number of nitrogens with zero attached hydrogens (tertiary/aromatic N) is 3. The van der Waals surface area contributed by atoms with Gasteiger partial charge in [0.25, 0.3) is 5.91 Å². The van der Waals surface area contributed by atoms with Crippen molar-refractivity contribution in [2.24, 2.45) is 0 Å². The first-order chi connectivity index (χ1) is 12.4. The van der Waals surface area contributed by atoms with Gasteiger partial charge in [0.2, 0.25) is 0 Å². The van der Waals surface area contributed by atoms with Crippen LogP contribution in [-0.4, -0.2) is 47.4 Å². The molecule has 8 heteroatoms. The number of methoxy groups -OCH3 is 1. The Morgan fingerprint density at radius 2 is 2.12 bits per heavy atom. The number of nitrogens with one attached hydrogen (secondary N) is 1. The van der Waals surface area contributed by atoms with Crippen LogP contribution in [0.15, 0.2) is 30.5 Å². The zero-order chi connectivity index (χ0) is 18.8. The van der Waals surface area contributed by atoms with Crippen molar-refractivity contribution >= 4 is 33.9 Å². The summed E-state index contributed by atoms with van der Waals surface area (Å²) in [7, 11) is 5.18. The van der Waals surface area contributed by atoms with Crippen LogP contribution < -0.4 is 5.32 Å². The molecule has 1 amide bonds. The number of aromatic nitrogens is 2. The van der Waals surface area contributed by atoms with Crippen molar-refractivity contribution in [1.29, 1.82) is 0 Å². The third-order valence-electron chi connectivity index (χ3n) is 3.80. The molecule has 0 fully saturated rings. The van der Waals surface area contributed by atoms with E-state index in [0.717, 1.165) is 10.6 Å². The number of hydrogen-bond donors (Lipinski definition) is 1. The average molecular weight is 372 g/mol. The average Bonchev–Trinajstić information content (AvgIpc) is 3.14. The number of ether oxygens (including phenoxy) is 1.